The first-order valence-corrected chi connectivity index (χ1v) is 8.05. The Morgan fingerprint density at radius 1 is 1.04 bits per heavy atom. The van der Waals surface area contributed by atoms with Crippen LogP contribution in [0, 0.1) is 0 Å². The molecule has 0 atom stereocenters. The Balaban J connectivity index is 1.54. The fourth-order valence-corrected chi connectivity index (χ4v) is 3.06. The van der Waals surface area contributed by atoms with Gasteiger partial charge in [-0.2, -0.15) is 5.10 Å². The third-order valence-corrected chi connectivity index (χ3v) is 4.29. The van der Waals surface area contributed by atoms with Crippen LogP contribution in [0.3, 0.4) is 0 Å². The molecule has 6 nitrogen and oxygen atoms in total. The molecule has 0 bridgehead atoms. The molecule has 4 rings (SSSR count). The SMILES string of the molecule is O=C(Nc1ccc(-c2ccn[nH]2)cc1)c1ncnc2c1CCCC2. The summed E-state index contributed by atoms with van der Waals surface area (Å²) < 4.78 is 0. The Bertz CT molecular complexity index is 856. The number of benzene rings is 1. The van der Waals surface area contributed by atoms with E-state index in [4.69, 9.17) is 0 Å². The summed E-state index contributed by atoms with van der Waals surface area (Å²) in [5.41, 5.74) is 5.21. The summed E-state index contributed by atoms with van der Waals surface area (Å²) in [7, 11) is 0. The predicted molar refractivity (Wildman–Crippen MR) is 90.7 cm³/mol. The Morgan fingerprint density at radius 3 is 2.67 bits per heavy atom. The normalized spacial score (nSPS) is 13.3. The maximum absolute atomic E-state index is 12.6. The van der Waals surface area contributed by atoms with Crippen LogP contribution in [0.4, 0.5) is 5.69 Å². The number of carbonyl (C=O) groups excluding carboxylic acids is 1. The number of H-pyrrole nitrogens is 1. The van der Waals surface area contributed by atoms with E-state index < -0.39 is 0 Å². The Morgan fingerprint density at radius 2 is 1.88 bits per heavy atom. The number of anilines is 1. The molecule has 120 valence electrons. The summed E-state index contributed by atoms with van der Waals surface area (Å²) in [6, 6.07) is 9.54. The van der Waals surface area contributed by atoms with Crippen molar-refractivity contribution >= 4 is 11.6 Å². The van der Waals surface area contributed by atoms with Crippen molar-refractivity contribution in [3.8, 4) is 11.3 Å². The highest BCUT2D eigenvalue weighted by Gasteiger charge is 2.20. The molecule has 1 aliphatic carbocycles. The van der Waals surface area contributed by atoms with Crippen LogP contribution < -0.4 is 5.32 Å². The van der Waals surface area contributed by atoms with Gasteiger partial charge in [0, 0.05) is 23.1 Å². The molecule has 1 amide bonds. The minimum Gasteiger partial charge on any atom is -0.321 e. The van der Waals surface area contributed by atoms with Crippen molar-refractivity contribution in [2.24, 2.45) is 0 Å². The van der Waals surface area contributed by atoms with E-state index in [1.165, 1.54) is 6.33 Å². The van der Waals surface area contributed by atoms with Crippen molar-refractivity contribution in [1.29, 1.82) is 0 Å². The topological polar surface area (TPSA) is 83.6 Å². The van der Waals surface area contributed by atoms with Crippen molar-refractivity contribution < 1.29 is 4.79 Å². The van der Waals surface area contributed by atoms with Crippen LogP contribution >= 0.6 is 0 Å². The zero-order valence-corrected chi connectivity index (χ0v) is 13.1. The van der Waals surface area contributed by atoms with E-state index in [-0.39, 0.29) is 5.91 Å². The number of aromatic amines is 1. The van der Waals surface area contributed by atoms with E-state index in [9.17, 15) is 4.79 Å². The largest absolute Gasteiger partial charge is 0.321 e. The molecule has 3 aromatic rings. The lowest BCUT2D eigenvalue weighted by Crippen LogP contribution is -2.20. The average molecular weight is 319 g/mol. The highest BCUT2D eigenvalue weighted by atomic mass is 16.1. The van der Waals surface area contributed by atoms with E-state index in [0.717, 1.165) is 53.9 Å². The van der Waals surface area contributed by atoms with Gasteiger partial charge in [-0.3, -0.25) is 9.89 Å². The number of hydrogen-bond donors (Lipinski definition) is 2. The summed E-state index contributed by atoms with van der Waals surface area (Å²) in [5.74, 6) is -0.176. The van der Waals surface area contributed by atoms with Gasteiger partial charge < -0.3 is 5.32 Å². The molecule has 0 saturated heterocycles. The number of nitrogens with zero attached hydrogens (tertiary/aromatic N) is 3. The summed E-state index contributed by atoms with van der Waals surface area (Å²) >= 11 is 0. The number of aryl methyl sites for hydroxylation is 1. The van der Waals surface area contributed by atoms with Crippen LogP contribution in [0.5, 0.6) is 0 Å². The summed E-state index contributed by atoms with van der Waals surface area (Å²) in [5, 5.41) is 9.79. The standard InChI is InChI=1S/C18H17N5O/c24-18(17-14-3-1-2-4-16(14)19-11-20-17)22-13-7-5-12(6-8-13)15-9-10-21-23-15/h5-11H,1-4H2,(H,21,23)(H,22,24). The van der Waals surface area contributed by atoms with E-state index in [2.05, 4.69) is 25.5 Å². The average Bonchev–Trinajstić information content (AvgIpc) is 3.16. The molecule has 2 N–H and O–H groups in total. The van der Waals surface area contributed by atoms with Crippen LogP contribution in [0.2, 0.25) is 0 Å². The van der Waals surface area contributed by atoms with Crippen LogP contribution in [0.15, 0.2) is 42.9 Å². The molecule has 1 aromatic carbocycles. The minimum atomic E-state index is -0.176. The second kappa shape index (κ2) is 6.23. The van der Waals surface area contributed by atoms with Crippen molar-refractivity contribution in [2.45, 2.75) is 25.7 Å². The maximum atomic E-state index is 12.6. The Kier molecular flexibility index (Phi) is 3.78. The lowest BCUT2D eigenvalue weighted by molar-refractivity contribution is 0.102. The van der Waals surface area contributed by atoms with Crippen molar-refractivity contribution in [3.63, 3.8) is 0 Å². The second-order valence-electron chi connectivity index (χ2n) is 5.86. The van der Waals surface area contributed by atoms with Gasteiger partial charge >= 0.3 is 0 Å². The first kappa shape index (κ1) is 14.6. The fraction of sp³-hybridized carbons (Fsp3) is 0.222. The predicted octanol–water partition coefficient (Wildman–Crippen LogP) is 3.00. The van der Waals surface area contributed by atoms with Crippen LogP contribution in [0.1, 0.15) is 34.6 Å². The first-order chi connectivity index (χ1) is 11.8. The van der Waals surface area contributed by atoms with Gasteiger partial charge in [0.1, 0.15) is 12.0 Å². The van der Waals surface area contributed by atoms with E-state index in [1.54, 1.807) is 6.20 Å². The molecule has 0 radical (unpaired) electrons. The van der Waals surface area contributed by atoms with Crippen LogP contribution in [0.25, 0.3) is 11.3 Å². The smallest absolute Gasteiger partial charge is 0.274 e. The summed E-state index contributed by atoms with van der Waals surface area (Å²) in [4.78, 5) is 21.1. The van der Waals surface area contributed by atoms with Gasteiger partial charge in [0.25, 0.3) is 5.91 Å². The van der Waals surface area contributed by atoms with Gasteiger partial charge in [0.2, 0.25) is 0 Å². The molecule has 2 heterocycles. The molecular formula is C18H17N5O. The number of amides is 1. The van der Waals surface area contributed by atoms with Gasteiger partial charge in [-0.05, 0) is 49.4 Å². The molecule has 0 saturated carbocycles. The van der Waals surface area contributed by atoms with E-state index >= 15 is 0 Å². The first-order valence-electron chi connectivity index (χ1n) is 8.05. The van der Waals surface area contributed by atoms with Gasteiger partial charge in [-0.15, -0.1) is 0 Å². The highest BCUT2D eigenvalue weighted by molar-refractivity contribution is 6.04. The maximum Gasteiger partial charge on any atom is 0.274 e. The van der Waals surface area contributed by atoms with Crippen LogP contribution in [-0.2, 0) is 12.8 Å². The van der Waals surface area contributed by atoms with Gasteiger partial charge in [-0.25, -0.2) is 9.97 Å². The van der Waals surface area contributed by atoms with Crippen molar-refractivity contribution in [2.75, 3.05) is 5.32 Å². The fourth-order valence-electron chi connectivity index (χ4n) is 3.06. The quantitative estimate of drug-likeness (QED) is 0.777. The van der Waals surface area contributed by atoms with E-state index in [1.807, 2.05) is 30.3 Å². The van der Waals surface area contributed by atoms with Crippen molar-refractivity contribution in [1.82, 2.24) is 20.2 Å². The molecule has 0 aliphatic heterocycles. The molecular weight excluding hydrogens is 302 g/mol. The summed E-state index contributed by atoms with van der Waals surface area (Å²) in [6.07, 6.45) is 7.21. The van der Waals surface area contributed by atoms with Gasteiger partial charge in [0.15, 0.2) is 0 Å². The number of carbonyl (C=O) groups is 1. The number of fused-ring (bicyclic) bond motifs is 1. The zero-order chi connectivity index (χ0) is 16.4. The molecule has 1 aliphatic rings. The van der Waals surface area contributed by atoms with Crippen LogP contribution in [-0.4, -0.2) is 26.1 Å². The van der Waals surface area contributed by atoms with Gasteiger partial charge in [0.05, 0.1) is 5.69 Å². The molecule has 0 unspecified atom stereocenters. The second-order valence-corrected chi connectivity index (χ2v) is 5.86. The molecule has 24 heavy (non-hydrogen) atoms. The minimum absolute atomic E-state index is 0.176. The molecule has 0 fully saturated rings. The Hall–Kier alpha value is -3.02. The summed E-state index contributed by atoms with van der Waals surface area (Å²) in [6.45, 7) is 0. The molecule has 6 heteroatoms. The lowest BCUT2D eigenvalue weighted by atomic mass is 9.94. The molecule has 0 spiro atoms. The highest BCUT2D eigenvalue weighted by Crippen LogP contribution is 2.23. The zero-order valence-electron chi connectivity index (χ0n) is 13.1. The van der Waals surface area contributed by atoms with E-state index in [0.29, 0.717) is 5.69 Å². The van der Waals surface area contributed by atoms with Gasteiger partial charge in [-0.1, -0.05) is 12.1 Å². The number of nitrogens with one attached hydrogen (secondary N) is 2. The van der Waals surface area contributed by atoms with Crippen molar-refractivity contribution in [3.05, 3.63) is 59.8 Å². The number of aromatic nitrogens is 4. The third kappa shape index (κ3) is 2.78. The molecule has 2 aromatic heterocycles. The number of rotatable bonds is 3. The lowest BCUT2D eigenvalue weighted by Gasteiger charge is -2.16. The third-order valence-electron chi connectivity index (χ3n) is 4.29. The monoisotopic (exact) mass is 319 g/mol. The Labute approximate surface area is 139 Å². The number of hydrogen-bond acceptors (Lipinski definition) is 4.